The number of hydrogen-bond donors (Lipinski definition) is 0. The molecule has 4 rings (SSSR count). The summed E-state index contributed by atoms with van der Waals surface area (Å²) in [7, 11) is 1.59. The van der Waals surface area contributed by atoms with Crippen molar-refractivity contribution in [3.8, 4) is 22.6 Å². The Labute approximate surface area is 177 Å². The van der Waals surface area contributed by atoms with Crippen molar-refractivity contribution in [3.63, 3.8) is 0 Å². The topological polar surface area (TPSA) is 48.7 Å². The summed E-state index contributed by atoms with van der Waals surface area (Å²) in [6.07, 6.45) is 0. The molecule has 1 heterocycles. The van der Waals surface area contributed by atoms with E-state index in [-0.39, 0.29) is 12.0 Å². The van der Waals surface area contributed by atoms with Gasteiger partial charge >= 0.3 is 0 Å². The van der Waals surface area contributed by atoms with Crippen LogP contribution in [-0.2, 0) is 6.61 Å². The first-order valence-electron chi connectivity index (χ1n) is 9.25. The van der Waals surface area contributed by atoms with Gasteiger partial charge in [0.1, 0.15) is 35.3 Å². The summed E-state index contributed by atoms with van der Waals surface area (Å²) >= 11 is 6.04. The van der Waals surface area contributed by atoms with Gasteiger partial charge in [-0.1, -0.05) is 29.8 Å². The number of hydrogen-bond acceptors (Lipinski definition) is 4. The molecule has 152 valence electrons. The monoisotopic (exact) mass is 424 g/mol. The van der Waals surface area contributed by atoms with Crippen LogP contribution in [0.15, 0.2) is 69.9 Å². The van der Waals surface area contributed by atoms with E-state index < -0.39 is 5.82 Å². The van der Waals surface area contributed by atoms with Crippen LogP contribution in [0.3, 0.4) is 0 Å². The molecule has 30 heavy (non-hydrogen) atoms. The number of rotatable bonds is 5. The lowest BCUT2D eigenvalue weighted by Crippen LogP contribution is -2.07. The second-order valence-corrected chi connectivity index (χ2v) is 7.18. The van der Waals surface area contributed by atoms with E-state index in [4.69, 9.17) is 25.5 Å². The zero-order chi connectivity index (χ0) is 21.3. The third-order valence-corrected chi connectivity index (χ3v) is 5.18. The summed E-state index contributed by atoms with van der Waals surface area (Å²) in [6, 6.07) is 16.4. The van der Waals surface area contributed by atoms with Crippen molar-refractivity contribution in [1.29, 1.82) is 0 Å². The van der Waals surface area contributed by atoms with Crippen LogP contribution in [-0.4, -0.2) is 7.11 Å². The smallest absolute Gasteiger partial charge is 0.200 e. The third kappa shape index (κ3) is 3.89. The minimum Gasteiger partial charge on any atom is -0.497 e. The molecule has 0 radical (unpaired) electrons. The molecule has 0 aliphatic heterocycles. The minimum atomic E-state index is -0.403. The van der Waals surface area contributed by atoms with Gasteiger partial charge in [0.25, 0.3) is 0 Å². The molecule has 0 unspecified atom stereocenters. The quantitative estimate of drug-likeness (QED) is 0.385. The molecule has 0 aliphatic carbocycles. The van der Waals surface area contributed by atoms with E-state index in [0.717, 1.165) is 5.56 Å². The van der Waals surface area contributed by atoms with Crippen LogP contribution in [0.4, 0.5) is 4.39 Å². The van der Waals surface area contributed by atoms with Gasteiger partial charge in [0.05, 0.1) is 23.1 Å². The summed E-state index contributed by atoms with van der Waals surface area (Å²) in [5, 5.41) is 0.751. The molecular formula is C24H18ClFO4. The standard InChI is InChI=1S/C24H18ClFO4/c1-14-23(15-4-7-18(28-2)8-5-15)24(27)20-10-9-19(12-22(20)30-14)29-13-16-3-6-17(26)11-21(16)25/h3-12H,13H2,1-2H3. The summed E-state index contributed by atoms with van der Waals surface area (Å²) in [5.41, 5.74) is 2.24. The molecule has 6 heteroatoms. The molecule has 0 aliphatic rings. The molecule has 1 aromatic heterocycles. The fourth-order valence-electron chi connectivity index (χ4n) is 3.27. The Bertz CT molecular complexity index is 1280. The highest BCUT2D eigenvalue weighted by atomic mass is 35.5. The SMILES string of the molecule is COc1ccc(-c2c(C)oc3cc(OCc4ccc(F)cc4Cl)ccc3c2=O)cc1. The van der Waals surface area contributed by atoms with Crippen LogP contribution in [0.25, 0.3) is 22.1 Å². The van der Waals surface area contributed by atoms with Crippen molar-refractivity contribution >= 4 is 22.6 Å². The van der Waals surface area contributed by atoms with Crippen molar-refractivity contribution < 1.29 is 18.3 Å². The van der Waals surface area contributed by atoms with Gasteiger partial charge < -0.3 is 13.9 Å². The zero-order valence-electron chi connectivity index (χ0n) is 16.4. The predicted octanol–water partition coefficient (Wildman–Crippen LogP) is 6.15. The molecule has 0 saturated carbocycles. The molecular weight excluding hydrogens is 407 g/mol. The zero-order valence-corrected chi connectivity index (χ0v) is 17.1. The van der Waals surface area contributed by atoms with Crippen LogP contribution in [0.1, 0.15) is 11.3 Å². The van der Waals surface area contributed by atoms with Gasteiger partial charge in [-0.25, -0.2) is 4.39 Å². The fraction of sp³-hybridized carbons (Fsp3) is 0.125. The van der Waals surface area contributed by atoms with Crippen molar-refractivity contribution in [1.82, 2.24) is 0 Å². The average Bonchev–Trinajstić information content (AvgIpc) is 2.73. The van der Waals surface area contributed by atoms with E-state index in [9.17, 15) is 9.18 Å². The summed E-state index contributed by atoms with van der Waals surface area (Å²) in [4.78, 5) is 13.1. The van der Waals surface area contributed by atoms with Gasteiger partial charge in [-0.15, -0.1) is 0 Å². The highest BCUT2D eigenvalue weighted by molar-refractivity contribution is 6.31. The first-order valence-corrected chi connectivity index (χ1v) is 9.62. The Morgan fingerprint density at radius 2 is 1.73 bits per heavy atom. The molecule has 4 aromatic rings. The number of halogens is 2. The van der Waals surface area contributed by atoms with E-state index in [1.165, 1.54) is 12.1 Å². The van der Waals surface area contributed by atoms with Gasteiger partial charge in [-0.05, 0) is 48.9 Å². The molecule has 0 atom stereocenters. The van der Waals surface area contributed by atoms with Crippen LogP contribution >= 0.6 is 11.6 Å². The van der Waals surface area contributed by atoms with Crippen molar-refractivity contribution in [2.45, 2.75) is 13.5 Å². The molecule has 0 fully saturated rings. The number of fused-ring (bicyclic) bond motifs is 1. The minimum absolute atomic E-state index is 0.118. The lowest BCUT2D eigenvalue weighted by Gasteiger charge is -2.11. The maximum atomic E-state index is 13.2. The number of methoxy groups -OCH3 is 1. The largest absolute Gasteiger partial charge is 0.497 e. The number of aryl methyl sites for hydroxylation is 1. The van der Waals surface area contributed by atoms with E-state index >= 15 is 0 Å². The van der Waals surface area contributed by atoms with Gasteiger partial charge in [0.15, 0.2) is 0 Å². The number of ether oxygens (including phenoxy) is 2. The van der Waals surface area contributed by atoms with Crippen molar-refractivity contribution in [3.05, 3.63) is 93.1 Å². The highest BCUT2D eigenvalue weighted by Gasteiger charge is 2.14. The second-order valence-electron chi connectivity index (χ2n) is 6.77. The van der Waals surface area contributed by atoms with Gasteiger partial charge in [0.2, 0.25) is 5.43 Å². The molecule has 0 spiro atoms. The van der Waals surface area contributed by atoms with E-state index in [2.05, 4.69) is 0 Å². The molecule has 0 amide bonds. The summed E-state index contributed by atoms with van der Waals surface area (Å²) < 4.78 is 30.0. The van der Waals surface area contributed by atoms with Gasteiger partial charge in [-0.2, -0.15) is 0 Å². The Balaban J connectivity index is 1.66. The van der Waals surface area contributed by atoms with Crippen LogP contribution in [0, 0.1) is 12.7 Å². The number of benzene rings is 3. The first kappa shape index (κ1) is 20.0. The Hall–Kier alpha value is -3.31. The predicted molar refractivity (Wildman–Crippen MR) is 115 cm³/mol. The third-order valence-electron chi connectivity index (χ3n) is 4.83. The molecule has 4 nitrogen and oxygen atoms in total. The van der Waals surface area contributed by atoms with E-state index in [1.807, 2.05) is 12.1 Å². The maximum absolute atomic E-state index is 13.2. The van der Waals surface area contributed by atoms with Crippen molar-refractivity contribution in [2.75, 3.05) is 7.11 Å². The molecule has 0 bridgehead atoms. The lowest BCUT2D eigenvalue weighted by atomic mass is 10.0. The van der Waals surface area contributed by atoms with Crippen LogP contribution < -0.4 is 14.9 Å². The first-order chi connectivity index (χ1) is 14.5. The molecule has 0 N–H and O–H groups in total. The van der Waals surface area contributed by atoms with E-state index in [0.29, 0.717) is 44.4 Å². The fourth-order valence-corrected chi connectivity index (χ4v) is 3.49. The molecule has 3 aromatic carbocycles. The summed E-state index contributed by atoms with van der Waals surface area (Å²) in [6.45, 7) is 1.92. The molecule has 0 saturated heterocycles. The normalized spacial score (nSPS) is 10.9. The summed E-state index contributed by atoms with van der Waals surface area (Å²) in [5.74, 6) is 1.34. The van der Waals surface area contributed by atoms with Crippen molar-refractivity contribution in [2.24, 2.45) is 0 Å². The Morgan fingerprint density at radius 1 is 1.00 bits per heavy atom. The second kappa shape index (κ2) is 8.20. The van der Waals surface area contributed by atoms with Crippen LogP contribution in [0.2, 0.25) is 5.02 Å². The highest BCUT2D eigenvalue weighted by Crippen LogP contribution is 2.28. The maximum Gasteiger partial charge on any atom is 0.200 e. The average molecular weight is 425 g/mol. The Morgan fingerprint density at radius 3 is 2.43 bits per heavy atom. The van der Waals surface area contributed by atoms with Gasteiger partial charge in [0, 0.05) is 11.6 Å². The Kier molecular flexibility index (Phi) is 5.46. The van der Waals surface area contributed by atoms with E-state index in [1.54, 1.807) is 50.4 Å². The van der Waals surface area contributed by atoms with Gasteiger partial charge in [-0.3, -0.25) is 4.79 Å². The van der Waals surface area contributed by atoms with Crippen LogP contribution in [0.5, 0.6) is 11.5 Å². The lowest BCUT2D eigenvalue weighted by molar-refractivity contribution is 0.306.